The van der Waals surface area contributed by atoms with Crippen molar-refractivity contribution in [2.75, 3.05) is 34.5 Å². The van der Waals surface area contributed by atoms with Crippen LogP contribution in [0.4, 0.5) is 0 Å². The molecule has 1 amide bonds. The van der Waals surface area contributed by atoms with Gasteiger partial charge in [-0.05, 0) is 59.7 Å². The first-order chi connectivity index (χ1) is 18.5. The molecule has 8 nitrogen and oxygen atoms in total. The van der Waals surface area contributed by atoms with E-state index in [1.54, 1.807) is 21.3 Å². The number of halogens is 1. The third-order valence-electron chi connectivity index (χ3n) is 7.13. The van der Waals surface area contributed by atoms with Gasteiger partial charge in [-0.2, -0.15) is 4.98 Å². The lowest BCUT2D eigenvalue weighted by Gasteiger charge is -2.19. The molecule has 1 N–H and O–H groups in total. The third kappa shape index (κ3) is 5.24. The number of methoxy groups -OCH3 is 3. The second-order valence-electron chi connectivity index (χ2n) is 9.38. The van der Waals surface area contributed by atoms with Crippen molar-refractivity contribution in [2.24, 2.45) is 0 Å². The molecule has 2 aliphatic rings. The standard InChI is InChI=1S/C29H32ClN3O5/c1-35-25-11-9-18(15-26(25)36-2)20-6-4-7-22-21(20)10-12-24(22)38-29-23(30)14-19(28(32-29)37-3)16-31-17-33-13-5-8-27(33)34/h4,6-7,9,11,14-15,24,31H,5,8,10,12-13,16-17H2,1-3H3/t24-/m0/s1. The summed E-state index contributed by atoms with van der Waals surface area (Å²) in [7, 11) is 4.85. The zero-order valence-corrected chi connectivity index (χ0v) is 22.6. The van der Waals surface area contributed by atoms with E-state index in [4.69, 9.17) is 30.5 Å². The lowest BCUT2D eigenvalue weighted by atomic mass is 9.96. The van der Waals surface area contributed by atoms with Crippen LogP contribution in [-0.2, 0) is 17.8 Å². The number of hydrogen-bond acceptors (Lipinski definition) is 7. The Morgan fingerprint density at radius 1 is 1.03 bits per heavy atom. The predicted molar refractivity (Wildman–Crippen MR) is 145 cm³/mol. The number of carbonyl (C=O) groups excluding carboxylic acids is 1. The molecule has 2 aromatic carbocycles. The fourth-order valence-corrected chi connectivity index (χ4v) is 5.44. The van der Waals surface area contributed by atoms with Crippen LogP contribution in [0.25, 0.3) is 11.1 Å². The molecule has 200 valence electrons. The number of nitrogens with one attached hydrogen (secondary N) is 1. The number of fused-ring (bicyclic) bond motifs is 1. The molecule has 5 rings (SSSR count). The van der Waals surface area contributed by atoms with Gasteiger partial charge < -0.3 is 23.8 Å². The van der Waals surface area contributed by atoms with Gasteiger partial charge in [0.1, 0.15) is 11.1 Å². The maximum absolute atomic E-state index is 11.8. The number of benzene rings is 2. The van der Waals surface area contributed by atoms with Crippen molar-refractivity contribution in [1.82, 2.24) is 15.2 Å². The van der Waals surface area contributed by atoms with Crippen LogP contribution < -0.4 is 24.3 Å². The molecule has 0 radical (unpaired) electrons. The molecule has 1 aliphatic carbocycles. The Morgan fingerprint density at radius 3 is 2.61 bits per heavy atom. The van der Waals surface area contributed by atoms with Crippen molar-refractivity contribution in [3.05, 3.63) is 64.2 Å². The number of amides is 1. The van der Waals surface area contributed by atoms with Crippen molar-refractivity contribution in [3.63, 3.8) is 0 Å². The molecule has 1 saturated heterocycles. The molecule has 1 aliphatic heterocycles. The van der Waals surface area contributed by atoms with Gasteiger partial charge in [0.05, 0.1) is 28.0 Å². The monoisotopic (exact) mass is 537 g/mol. The summed E-state index contributed by atoms with van der Waals surface area (Å²) in [6.07, 6.45) is 3.03. The maximum atomic E-state index is 11.8. The van der Waals surface area contributed by atoms with E-state index in [0.717, 1.165) is 48.1 Å². The van der Waals surface area contributed by atoms with Gasteiger partial charge in [0, 0.05) is 25.1 Å². The van der Waals surface area contributed by atoms with Crippen LogP contribution in [0, 0.1) is 0 Å². The van der Waals surface area contributed by atoms with Crippen LogP contribution in [-0.4, -0.2) is 50.3 Å². The lowest BCUT2D eigenvalue weighted by molar-refractivity contribution is -0.128. The van der Waals surface area contributed by atoms with Crippen molar-refractivity contribution in [3.8, 4) is 34.4 Å². The molecular formula is C29H32ClN3O5. The van der Waals surface area contributed by atoms with Crippen molar-refractivity contribution >= 4 is 17.5 Å². The number of carbonyl (C=O) groups is 1. The van der Waals surface area contributed by atoms with Crippen LogP contribution in [0.15, 0.2) is 42.5 Å². The number of rotatable bonds is 10. The van der Waals surface area contributed by atoms with Crippen LogP contribution in [0.3, 0.4) is 0 Å². The van der Waals surface area contributed by atoms with E-state index in [9.17, 15) is 4.79 Å². The van der Waals surface area contributed by atoms with E-state index in [1.165, 1.54) is 5.56 Å². The molecule has 1 atom stereocenters. The second kappa shape index (κ2) is 11.5. The fraction of sp³-hybridized carbons (Fsp3) is 0.379. The van der Waals surface area contributed by atoms with E-state index >= 15 is 0 Å². The molecule has 0 bridgehead atoms. The van der Waals surface area contributed by atoms with Crippen molar-refractivity contribution < 1.29 is 23.7 Å². The zero-order valence-electron chi connectivity index (χ0n) is 21.9. The largest absolute Gasteiger partial charge is 0.493 e. The van der Waals surface area contributed by atoms with Gasteiger partial charge in [-0.3, -0.25) is 10.1 Å². The summed E-state index contributed by atoms with van der Waals surface area (Å²) in [4.78, 5) is 18.2. The minimum Gasteiger partial charge on any atom is -0.493 e. The number of aromatic nitrogens is 1. The van der Waals surface area contributed by atoms with Gasteiger partial charge in [-0.25, -0.2) is 0 Å². The molecule has 0 spiro atoms. The molecule has 0 saturated carbocycles. The van der Waals surface area contributed by atoms with Crippen molar-refractivity contribution in [2.45, 2.75) is 38.3 Å². The first-order valence-electron chi connectivity index (χ1n) is 12.7. The van der Waals surface area contributed by atoms with E-state index in [2.05, 4.69) is 22.4 Å². The topological polar surface area (TPSA) is 82.2 Å². The van der Waals surface area contributed by atoms with Gasteiger partial charge >= 0.3 is 0 Å². The van der Waals surface area contributed by atoms with E-state index < -0.39 is 0 Å². The van der Waals surface area contributed by atoms with Gasteiger partial charge in [-0.1, -0.05) is 35.9 Å². The quantitative estimate of drug-likeness (QED) is 0.382. The van der Waals surface area contributed by atoms with Crippen LogP contribution in [0.5, 0.6) is 23.3 Å². The highest BCUT2D eigenvalue weighted by Crippen LogP contribution is 2.43. The molecule has 9 heteroatoms. The Bertz CT molecular complexity index is 1330. The molecule has 2 heterocycles. The fourth-order valence-electron chi connectivity index (χ4n) is 5.22. The highest BCUT2D eigenvalue weighted by molar-refractivity contribution is 6.31. The second-order valence-corrected chi connectivity index (χ2v) is 9.78. The summed E-state index contributed by atoms with van der Waals surface area (Å²) in [6.45, 7) is 1.74. The molecule has 0 unspecified atom stereocenters. The first kappa shape index (κ1) is 26.1. The number of nitrogens with zero attached hydrogens (tertiary/aromatic N) is 2. The normalized spacial score (nSPS) is 16.5. The van der Waals surface area contributed by atoms with Crippen LogP contribution in [0.2, 0.25) is 5.02 Å². The summed E-state index contributed by atoms with van der Waals surface area (Å²) in [5.41, 5.74) is 5.37. The number of ether oxygens (including phenoxy) is 4. The SMILES string of the molecule is COc1ccc(-c2cccc3c2CC[C@@H]3Oc2nc(OC)c(CNCN3CCCC3=O)cc2Cl)cc1OC. The van der Waals surface area contributed by atoms with Gasteiger partial charge in [0.25, 0.3) is 0 Å². The van der Waals surface area contributed by atoms with Crippen LogP contribution in [0.1, 0.15) is 42.1 Å². The van der Waals surface area contributed by atoms with E-state index in [-0.39, 0.29) is 12.0 Å². The Balaban J connectivity index is 1.33. The van der Waals surface area contributed by atoms with Gasteiger partial charge in [0.2, 0.25) is 17.7 Å². The highest BCUT2D eigenvalue weighted by atomic mass is 35.5. The number of pyridine rings is 1. The van der Waals surface area contributed by atoms with E-state index in [1.807, 2.05) is 35.2 Å². The molecular weight excluding hydrogens is 506 g/mol. The number of hydrogen-bond donors (Lipinski definition) is 1. The number of likely N-dealkylation sites (tertiary alicyclic amines) is 1. The third-order valence-corrected chi connectivity index (χ3v) is 7.40. The summed E-state index contributed by atoms with van der Waals surface area (Å²) in [6, 6.07) is 14.0. The Kier molecular flexibility index (Phi) is 7.90. The minimum absolute atomic E-state index is 0.176. The molecule has 1 fully saturated rings. The average Bonchev–Trinajstić information content (AvgIpc) is 3.55. The minimum atomic E-state index is -0.176. The Morgan fingerprint density at radius 2 is 1.87 bits per heavy atom. The first-order valence-corrected chi connectivity index (χ1v) is 13.1. The zero-order chi connectivity index (χ0) is 26.6. The highest BCUT2D eigenvalue weighted by Gasteiger charge is 2.28. The lowest BCUT2D eigenvalue weighted by Crippen LogP contribution is -2.34. The van der Waals surface area contributed by atoms with Crippen LogP contribution >= 0.6 is 11.6 Å². The summed E-state index contributed by atoms with van der Waals surface area (Å²) >= 11 is 6.62. The smallest absolute Gasteiger partial charge is 0.236 e. The molecule has 3 aromatic rings. The molecule has 1 aromatic heterocycles. The van der Waals surface area contributed by atoms with Gasteiger partial charge in [0.15, 0.2) is 11.5 Å². The summed E-state index contributed by atoms with van der Waals surface area (Å²) in [5, 5.41) is 3.71. The van der Waals surface area contributed by atoms with Crippen molar-refractivity contribution in [1.29, 1.82) is 0 Å². The predicted octanol–water partition coefficient (Wildman–Crippen LogP) is 5.16. The average molecular weight is 538 g/mol. The summed E-state index contributed by atoms with van der Waals surface area (Å²) in [5.74, 6) is 2.36. The Labute approximate surface area is 227 Å². The summed E-state index contributed by atoms with van der Waals surface area (Å²) < 4.78 is 22.8. The Hall–Kier alpha value is -3.49. The van der Waals surface area contributed by atoms with E-state index in [0.29, 0.717) is 47.9 Å². The molecule has 38 heavy (non-hydrogen) atoms. The van der Waals surface area contributed by atoms with Gasteiger partial charge in [-0.15, -0.1) is 0 Å². The maximum Gasteiger partial charge on any atom is 0.236 e.